The van der Waals surface area contributed by atoms with Crippen molar-refractivity contribution in [1.82, 2.24) is 5.32 Å². The van der Waals surface area contributed by atoms with Crippen LogP contribution in [0.3, 0.4) is 0 Å². The van der Waals surface area contributed by atoms with Gasteiger partial charge in [-0.3, -0.25) is 0 Å². The Labute approximate surface area is 249 Å². The molecule has 3 heteroatoms. The van der Waals surface area contributed by atoms with E-state index in [9.17, 15) is 0 Å². The molecule has 41 heavy (non-hydrogen) atoms. The van der Waals surface area contributed by atoms with Crippen LogP contribution in [0.25, 0.3) is 22.3 Å². The van der Waals surface area contributed by atoms with Crippen molar-refractivity contribution in [2.75, 3.05) is 6.54 Å². The quantitative estimate of drug-likeness (QED) is 0.227. The molecule has 0 saturated carbocycles. The summed E-state index contributed by atoms with van der Waals surface area (Å²) in [6, 6.07) is 27.9. The van der Waals surface area contributed by atoms with Crippen LogP contribution in [0.2, 0.25) is 19.6 Å². The van der Waals surface area contributed by atoms with Gasteiger partial charge in [0.2, 0.25) is 0 Å². The molecular formula is C38H47NOSi. The maximum atomic E-state index is 7.38. The van der Waals surface area contributed by atoms with Crippen LogP contribution >= 0.6 is 0 Å². The smallest absolute Gasteiger partial charge is 0.185 e. The third-order valence-corrected chi connectivity index (χ3v) is 9.51. The van der Waals surface area contributed by atoms with E-state index in [1.54, 1.807) is 0 Å². The molecule has 214 valence electrons. The normalized spacial score (nSPS) is 15.9. The van der Waals surface area contributed by atoms with Crippen molar-refractivity contribution in [1.29, 1.82) is 0 Å². The van der Waals surface area contributed by atoms with Crippen molar-refractivity contribution in [3.63, 3.8) is 0 Å². The first kappa shape index (κ1) is 29.5. The zero-order valence-electron chi connectivity index (χ0n) is 26.5. The van der Waals surface area contributed by atoms with E-state index in [0.29, 0.717) is 0 Å². The lowest BCUT2D eigenvalue weighted by Gasteiger charge is -2.44. The summed E-state index contributed by atoms with van der Waals surface area (Å²) in [5, 5.41) is 3.86. The van der Waals surface area contributed by atoms with Crippen LogP contribution in [0.5, 0.6) is 0 Å². The maximum Gasteiger partial charge on any atom is 0.185 e. The Morgan fingerprint density at radius 1 is 0.634 bits per heavy atom. The number of hydrogen-bond donors (Lipinski definition) is 1. The molecule has 1 heterocycles. The lowest BCUT2D eigenvalue weighted by Crippen LogP contribution is -2.53. The molecule has 0 aromatic heterocycles. The Hall–Kier alpha value is -2.98. The summed E-state index contributed by atoms with van der Waals surface area (Å²) in [6.45, 7) is 21.2. The Balaban J connectivity index is 1.65. The second-order valence-electron chi connectivity index (χ2n) is 13.3. The van der Waals surface area contributed by atoms with Crippen molar-refractivity contribution >= 4 is 8.32 Å². The van der Waals surface area contributed by atoms with Gasteiger partial charge >= 0.3 is 0 Å². The first-order valence-corrected chi connectivity index (χ1v) is 18.6. The minimum absolute atomic E-state index is 0.219. The van der Waals surface area contributed by atoms with Crippen molar-refractivity contribution in [2.45, 2.75) is 85.7 Å². The fourth-order valence-electron chi connectivity index (χ4n) is 7.31. The van der Waals surface area contributed by atoms with Crippen LogP contribution in [-0.2, 0) is 10.0 Å². The maximum absolute atomic E-state index is 7.38. The molecule has 4 aromatic carbocycles. The third-order valence-electron chi connectivity index (χ3n) is 8.58. The standard InChI is InChI=1S/C38H47NOSi/c1-25-21-27(3)36(28(4)22-25)31-12-16-33(17-13-31)38(40-41(7,8)9,35-11-10-20-39-35)34-18-14-32(15-19-34)37-29(5)23-26(2)24-30(37)6/h12-19,21-24,35,39H,10-11,20H2,1-9H3. The molecule has 1 fully saturated rings. The van der Waals surface area contributed by atoms with E-state index in [1.165, 1.54) is 73.2 Å². The van der Waals surface area contributed by atoms with Gasteiger partial charge in [0, 0.05) is 6.04 Å². The van der Waals surface area contributed by atoms with Crippen LogP contribution in [-0.4, -0.2) is 20.9 Å². The summed E-state index contributed by atoms with van der Waals surface area (Å²) in [5.74, 6) is 0. The molecule has 1 saturated heterocycles. The Morgan fingerprint density at radius 2 is 1.02 bits per heavy atom. The molecule has 1 N–H and O–H groups in total. The number of nitrogens with one attached hydrogen (secondary N) is 1. The average molecular weight is 562 g/mol. The van der Waals surface area contributed by atoms with Crippen molar-refractivity contribution in [3.8, 4) is 22.3 Å². The lowest BCUT2D eigenvalue weighted by molar-refractivity contribution is 0.0639. The van der Waals surface area contributed by atoms with Crippen molar-refractivity contribution < 1.29 is 4.43 Å². The molecule has 0 spiro atoms. The van der Waals surface area contributed by atoms with E-state index >= 15 is 0 Å². The first-order chi connectivity index (χ1) is 19.4. The van der Waals surface area contributed by atoms with Gasteiger partial charge in [0.05, 0.1) is 0 Å². The summed E-state index contributed by atoms with van der Waals surface area (Å²) >= 11 is 0. The second kappa shape index (κ2) is 11.4. The van der Waals surface area contributed by atoms with Crippen molar-refractivity contribution in [2.24, 2.45) is 0 Å². The summed E-state index contributed by atoms with van der Waals surface area (Å²) in [5.41, 5.74) is 15.1. The Kier molecular flexibility index (Phi) is 8.18. The third kappa shape index (κ3) is 5.86. The van der Waals surface area contributed by atoms with Gasteiger partial charge in [0.25, 0.3) is 0 Å². The second-order valence-corrected chi connectivity index (χ2v) is 17.7. The molecule has 1 aliphatic rings. The summed E-state index contributed by atoms with van der Waals surface area (Å²) < 4.78 is 7.38. The molecule has 0 radical (unpaired) electrons. The fourth-order valence-corrected chi connectivity index (χ4v) is 8.66. The van der Waals surface area contributed by atoms with E-state index < -0.39 is 13.9 Å². The van der Waals surface area contributed by atoms with Gasteiger partial charge in [-0.15, -0.1) is 0 Å². The van der Waals surface area contributed by atoms with Crippen LogP contribution in [0.15, 0.2) is 72.8 Å². The van der Waals surface area contributed by atoms with Crippen LogP contribution in [0.4, 0.5) is 0 Å². The summed E-state index contributed by atoms with van der Waals surface area (Å²) in [4.78, 5) is 0. The molecule has 4 aromatic rings. The Morgan fingerprint density at radius 3 is 1.34 bits per heavy atom. The highest BCUT2D eigenvalue weighted by atomic mass is 28.4. The molecule has 0 aliphatic carbocycles. The van der Waals surface area contributed by atoms with Gasteiger partial charge in [-0.05, 0) is 136 Å². The SMILES string of the molecule is Cc1cc(C)c(-c2ccc(C(O[Si](C)(C)C)(c3ccc(-c4c(C)cc(C)cc4C)cc3)C3CCCN3)cc2)c(C)c1. The highest BCUT2D eigenvalue weighted by Gasteiger charge is 2.47. The van der Waals surface area contributed by atoms with E-state index in [4.69, 9.17) is 4.43 Å². The van der Waals surface area contributed by atoms with Crippen molar-refractivity contribution in [3.05, 3.63) is 117 Å². The molecule has 5 rings (SSSR count). The lowest BCUT2D eigenvalue weighted by atomic mass is 9.78. The largest absolute Gasteiger partial charge is 0.403 e. The van der Waals surface area contributed by atoms with Crippen LogP contribution in [0, 0.1) is 41.5 Å². The molecular weight excluding hydrogens is 515 g/mol. The predicted octanol–water partition coefficient (Wildman–Crippen LogP) is 9.72. The van der Waals surface area contributed by atoms with Gasteiger partial charge in [-0.2, -0.15) is 0 Å². The topological polar surface area (TPSA) is 21.3 Å². The minimum atomic E-state index is -1.97. The highest BCUT2D eigenvalue weighted by molar-refractivity contribution is 6.69. The Bertz CT molecular complexity index is 1390. The summed E-state index contributed by atoms with van der Waals surface area (Å²) in [6.07, 6.45) is 2.27. The summed E-state index contributed by atoms with van der Waals surface area (Å²) in [7, 11) is -1.97. The van der Waals surface area contributed by atoms with E-state index in [-0.39, 0.29) is 6.04 Å². The van der Waals surface area contributed by atoms with Gasteiger partial charge in [0.15, 0.2) is 8.32 Å². The van der Waals surface area contributed by atoms with E-state index in [1.807, 2.05) is 0 Å². The predicted molar refractivity (Wildman–Crippen MR) is 178 cm³/mol. The van der Waals surface area contributed by atoms with Crippen LogP contribution in [0.1, 0.15) is 57.3 Å². The highest BCUT2D eigenvalue weighted by Crippen LogP contribution is 2.44. The van der Waals surface area contributed by atoms with Crippen LogP contribution < -0.4 is 5.32 Å². The zero-order valence-corrected chi connectivity index (χ0v) is 27.5. The number of rotatable bonds is 7. The monoisotopic (exact) mass is 561 g/mol. The minimum Gasteiger partial charge on any atom is -0.403 e. The fraction of sp³-hybridized carbons (Fsp3) is 0.368. The average Bonchev–Trinajstić information content (AvgIpc) is 3.42. The van der Waals surface area contributed by atoms with E-state index in [2.05, 4.69) is 139 Å². The van der Waals surface area contributed by atoms with Gasteiger partial charge < -0.3 is 9.74 Å². The molecule has 1 unspecified atom stereocenters. The molecule has 1 atom stereocenters. The number of benzene rings is 4. The molecule has 1 aliphatic heterocycles. The number of aryl methyl sites for hydroxylation is 6. The molecule has 0 amide bonds. The van der Waals surface area contributed by atoms with Gasteiger partial charge in [-0.25, -0.2) is 0 Å². The first-order valence-electron chi connectivity index (χ1n) is 15.2. The zero-order chi connectivity index (χ0) is 29.5. The van der Waals surface area contributed by atoms with Gasteiger partial charge in [0.1, 0.15) is 5.60 Å². The molecule has 2 nitrogen and oxygen atoms in total. The molecule has 0 bridgehead atoms. The van der Waals surface area contributed by atoms with Gasteiger partial charge in [-0.1, -0.05) is 83.9 Å². The van der Waals surface area contributed by atoms with E-state index in [0.717, 1.165) is 13.0 Å². The number of hydrogen-bond acceptors (Lipinski definition) is 2.